The summed E-state index contributed by atoms with van der Waals surface area (Å²) in [4.78, 5) is 12.9. The van der Waals surface area contributed by atoms with Crippen molar-refractivity contribution in [2.24, 2.45) is 13.0 Å². The van der Waals surface area contributed by atoms with Crippen molar-refractivity contribution < 1.29 is 18.7 Å². The summed E-state index contributed by atoms with van der Waals surface area (Å²) in [6.45, 7) is 9.19. The van der Waals surface area contributed by atoms with Crippen LogP contribution in [0, 0.1) is 18.7 Å². The van der Waals surface area contributed by atoms with Gasteiger partial charge in [0, 0.05) is 48.5 Å². The molecule has 7 heteroatoms. The van der Waals surface area contributed by atoms with Crippen molar-refractivity contribution in [1.29, 1.82) is 0 Å². The van der Waals surface area contributed by atoms with Gasteiger partial charge in [0.2, 0.25) is 0 Å². The number of carbonyl (C=O) groups is 1. The lowest BCUT2D eigenvalue weighted by molar-refractivity contribution is 0.0678. The van der Waals surface area contributed by atoms with Crippen LogP contribution < -0.4 is 15.4 Å². The number of anilines is 1. The summed E-state index contributed by atoms with van der Waals surface area (Å²) in [6, 6.07) is 10.4. The number of aromatic nitrogens is 1. The summed E-state index contributed by atoms with van der Waals surface area (Å²) in [5.41, 5.74) is 3.87. The normalized spacial score (nSPS) is 15.9. The summed E-state index contributed by atoms with van der Waals surface area (Å²) < 4.78 is 28.0. The van der Waals surface area contributed by atoms with Crippen molar-refractivity contribution >= 4 is 22.5 Å². The average Bonchev–Trinajstić information content (AvgIpc) is 3.43. The molecule has 1 aliphatic rings. The van der Waals surface area contributed by atoms with E-state index < -0.39 is 11.7 Å². The van der Waals surface area contributed by atoms with Crippen LogP contribution in [0.3, 0.4) is 0 Å². The van der Waals surface area contributed by atoms with Crippen LogP contribution in [0.15, 0.2) is 36.4 Å². The number of ether oxygens (including phenoxy) is 2. The molecular formula is C27H34FN3O3. The highest BCUT2D eigenvalue weighted by Crippen LogP contribution is 2.29. The summed E-state index contributed by atoms with van der Waals surface area (Å²) in [5.74, 6) is -0.120. The van der Waals surface area contributed by atoms with E-state index in [1.165, 1.54) is 17.8 Å². The van der Waals surface area contributed by atoms with E-state index in [9.17, 15) is 9.18 Å². The van der Waals surface area contributed by atoms with Crippen LogP contribution in [0.25, 0.3) is 10.9 Å². The molecule has 2 aromatic carbocycles. The molecule has 1 amide bonds. The lowest BCUT2D eigenvalue weighted by Crippen LogP contribution is -2.20. The van der Waals surface area contributed by atoms with E-state index in [0.717, 1.165) is 49.0 Å². The number of halogens is 1. The summed E-state index contributed by atoms with van der Waals surface area (Å²) >= 11 is 0. The zero-order chi connectivity index (χ0) is 24.2. The van der Waals surface area contributed by atoms with Crippen LogP contribution in [-0.4, -0.2) is 36.3 Å². The van der Waals surface area contributed by atoms with Crippen molar-refractivity contribution in [3.63, 3.8) is 0 Å². The molecule has 1 aromatic heterocycles. The molecule has 2 heterocycles. The highest BCUT2D eigenvalue weighted by Gasteiger charge is 2.18. The van der Waals surface area contributed by atoms with Gasteiger partial charge in [0.25, 0.3) is 5.91 Å². The molecular weight excluding hydrogens is 433 g/mol. The van der Waals surface area contributed by atoms with E-state index in [2.05, 4.69) is 35.1 Å². The van der Waals surface area contributed by atoms with Crippen LogP contribution in [0.5, 0.6) is 5.75 Å². The monoisotopic (exact) mass is 467 g/mol. The number of nitrogens with one attached hydrogen (secondary N) is 2. The van der Waals surface area contributed by atoms with Crippen LogP contribution in [0.1, 0.15) is 48.3 Å². The number of aryl methyl sites for hydroxylation is 2. The number of fused-ring (bicyclic) bond motifs is 1. The molecule has 0 aliphatic carbocycles. The predicted molar refractivity (Wildman–Crippen MR) is 133 cm³/mol. The Morgan fingerprint density at radius 2 is 2.09 bits per heavy atom. The summed E-state index contributed by atoms with van der Waals surface area (Å²) in [7, 11) is 2.05. The first kappa shape index (κ1) is 24.2. The van der Waals surface area contributed by atoms with E-state index in [1.54, 1.807) is 6.07 Å². The number of hydrogen-bond acceptors (Lipinski definition) is 4. The maximum absolute atomic E-state index is 14.7. The Kier molecular flexibility index (Phi) is 7.54. The highest BCUT2D eigenvalue weighted by atomic mass is 19.1. The Labute approximate surface area is 200 Å². The zero-order valence-corrected chi connectivity index (χ0v) is 20.4. The molecule has 1 saturated heterocycles. The third-order valence-corrected chi connectivity index (χ3v) is 6.35. The quantitative estimate of drug-likeness (QED) is 0.455. The van der Waals surface area contributed by atoms with E-state index >= 15 is 0 Å². The van der Waals surface area contributed by atoms with Crippen molar-refractivity contribution in [2.75, 3.05) is 25.1 Å². The fraction of sp³-hybridized carbons (Fsp3) is 0.444. The first-order valence-electron chi connectivity index (χ1n) is 12.0. The number of nitrogens with zero attached hydrogens (tertiary/aromatic N) is 1. The van der Waals surface area contributed by atoms with Crippen molar-refractivity contribution in [3.05, 3.63) is 59.0 Å². The van der Waals surface area contributed by atoms with Gasteiger partial charge in [0.15, 0.2) is 0 Å². The fourth-order valence-corrected chi connectivity index (χ4v) is 4.33. The SMILES string of the molecule is Cc1c(NC(=O)c2ccc(OC[C@@H]3CCCO3)cc2F)ccc2c1cc(CNCC(C)C)n2C. The molecule has 4 rings (SSSR count). The van der Waals surface area contributed by atoms with Gasteiger partial charge in [-0.3, -0.25) is 4.79 Å². The molecule has 2 N–H and O–H groups in total. The van der Waals surface area contributed by atoms with Gasteiger partial charge >= 0.3 is 0 Å². The van der Waals surface area contributed by atoms with Gasteiger partial charge in [-0.15, -0.1) is 0 Å². The topological polar surface area (TPSA) is 64.5 Å². The van der Waals surface area contributed by atoms with E-state index in [4.69, 9.17) is 9.47 Å². The Morgan fingerprint density at radius 3 is 2.79 bits per heavy atom. The molecule has 3 aromatic rings. The third-order valence-electron chi connectivity index (χ3n) is 6.35. The molecule has 1 aliphatic heterocycles. The average molecular weight is 468 g/mol. The van der Waals surface area contributed by atoms with Crippen molar-refractivity contribution in [3.8, 4) is 5.75 Å². The van der Waals surface area contributed by atoms with Crippen molar-refractivity contribution in [1.82, 2.24) is 9.88 Å². The lowest BCUT2D eigenvalue weighted by atomic mass is 10.1. The van der Waals surface area contributed by atoms with Gasteiger partial charge in [-0.25, -0.2) is 4.39 Å². The molecule has 0 radical (unpaired) electrons. The molecule has 182 valence electrons. The first-order valence-corrected chi connectivity index (χ1v) is 12.0. The molecule has 0 unspecified atom stereocenters. The van der Waals surface area contributed by atoms with Gasteiger partial charge in [0.1, 0.15) is 18.2 Å². The predicted octanol–water partition coefficient (Wildman–Crippen LogP) is 5.18. The maximum Gasteiger partial charge on any atom is 0.258 e. The third kappa shape index (κ3) is 5.42. The second kappa shape index (κ2) is 10.6. The first-order chi connectivity index (χ1) is 16.3. The lowest BCUT2D eigenvalue weighted by Gasteiger charge is -2.13. The van der Waals surface area contributed by atoms with E-state index in [1.807, 2.05) is 26.1 Å². The summed E-state index contributed by atoms with van der Waals surface area (Å²) in [6.07, 6.45) is 2.02. The minimum atomic E-state index is -0.612. The smallest absolute Gasteiger partial charge is 0.258 e. The number of hydrogen-bond donors (Lipinski definition) is 2. The van der Waals surface area contributed by atoms with Crippen LogP contribution in [-0.2, 0) is 18.3 Å². The number of amides is 1. The highest BCUT2D eigenvalue weighted by molar-refractivity contribution is 6.06. The minimum Gasteiger partial charge on any atom is -0.491 e. The largest absolute Gasteiger partial charge is 0.491 e. The Bertz CT molecular complexity index is 1170. The summed E-state index contributed by atoms with van der Waals surface area (Å²) in [5, 5.41) is 7.42. The van der Waals surface area contributed by atoms with Gasteiger partial charge < -0.3 is 24.7 Å². The van der Waals surface area contributed by atoms with Crippen LogP contribution >= 0.6 is 0 Å². The second-order valence-electron chi connectivity index (χ2n) is 9.43. The number of carbonyl (C=O) groups excluding carboxylic acids is 1. The standard InChI is InChI=1S/C27H34FN3O3/c1-17(2)14-29-15-19-12-23-18(3)25(9-10-26(23)31(19)4)30-27(32)22-8-7-20(13-24(22)28)34-16-21-6-5-11-33-21/h7-10,12-13,17,21,29H,5-6,11,14-16H2,1-4H3,(H,30,32)/t21-/m0/s1. The number of benzene rings is 2. The van der Waals surface area contributed by atoms with Crippen LogP contribution in [0.4, 0.5) is 10.1 Å². The van der Waals surface area contributed by atoms with Gasteiger partial charge in [-0.05, 0) is 68.1 Å². The second-order valence-corrected chi connectivity index (χ2v) is 9.43. The Balaban J connectivity index is 1.46. The molecule has 6 nitrogen and oxygen atoms in total. The maximum atomic E-state index is 14.7. The van der Waals surface area contributed by atoms with E-state index in [0.29, 0.717) is 24.0 Å². The molecule has 1 atom stereocenters. The van der Waals surface area contributed by atoms with Gasteiger partial charge in [0.05, 0.1) is 11.7 Å². The fourth-order valence-electron chi connectivity index (χ4n) is 4.33. The Hall–Kier alpha value is -2.90. The zero-order valence-electron chi connectivity index (χ0n) is 20.4. The number of rotatable bonds is 9. The van der Waals surface area contributed by atoms with Gasteiger partial charge in [-0.1, -0.05) is 13.8 Å². The molecule has 1 fully saturated rings. The molecule has 0 bridgehead atoms. The minimum absolute atomic E-state index is 0.0180. The van der Waals surface area contributed by atoms with Crippen molar-refractivity contribution in [2.45, 2.75) is 46.3 Å². The molecule has 34 heavy (non-hydrogen) atoms. The van der Waals surface area contributed by atoms with Crippen LogP contribution in [0.2, 0.25) is 0 Å². The molecule has 0 saturated carbocycles. The van der Waals surface area contributed by atoms with E-state index in [-0.39, 0.29) is 11.7 Å². The molecule has 0 spiro atoms. The Morgan fingerprint density at radius 1 is 1.26 bits per heavy atom. The van der Waals surface area contributed by atoms with Gasteiger partial charge in [-0.2, -0.15) is 0 Å².